The molecule has 98 valence electrons. The number of ether oxygens (including phenoxy) is 1. The molecule has 0 saturated heterocycles. The third-order valence-corrected chi connectivity index (χ3v) is 3.58. The van der Waals surface area contributed by atoms with Crippen LogP contribution in [0.5, 0.6) is 0 Å². The van der Waals surface area contributed by atoms with Gasteiger partial charge in [0.2, 0.25) is 0 Å². The lowest BCUT2D eigenvalue weighted by Gasteiger charge is -2.23. The van der Waals surface area contributed by atoms with Crippen LogP contribution >= 0.6 is 11.6 Å². The van der Waals surface area contributed by atoms with Crippen LogP contribution in [0, 0.1) is 5.82 Å². The second kappa shape index (κ2) is 6.21. The predicted octanol–water partition coefficient (Wildman–Crippen LogP) is 3.30. The molecule has 0 saturated carbocycles. The second-order valence-electron chi connectivity index (χ2n) is 4.41. The highest BCUT2D eigenvalue weighted by molar-refractivity contribution is 6.31. The van der Waals surface area contributed by atoms with Crippen LogP contribution in [0.25, 0.3) is 0 Å². The summed E-state index contributed by atoms with van der Waals surface area (Å²) in [5, 5.41) is 3.68. The number of halogens is 2. The van der Waals surface area contributed by atoms with Gasteiger partial charge in [-0.15, -0.1) is 0 Å². The van der Waals surface area contributed by atoms with Gasteiger partial charge in [0.1, 0.15) is 5.82 Å². The number of hydrogen-bond donors (Lipinski definition) is 1. The molecule has 1 heterocycles. The normalized spacial score (nSPS) is 16.9. The van der Waals surface area contributed by atoms with Crippen molar-refractivity contribution in [1.82, 2.24) is 5.32 Å². The maximum absolute atomic E-state index is 13.8. The first-order valence-electron chi connectivity index (χ1n) is 6.13. The quantitative estimate of drug-likeness (QED) is 0.906. The molecule has 0 bridgehead atoms. The van der Waals surface area contributed by atoms with Crippen molar-refractivity contribution in [3.63, 3.8) is 0 Å². The molecule has 0 amide bonds. The molecule has 1 aromatic carbocycles. The van der Waals surface area contributed by atoms with Gasteiger partial charge in [0.05, 0.1) is 12.9 Å². The Kier molecular flexibility index (Phi) is 4.61. The molecule has 2 rings (SSSR count). The van der Waals surface area contributed by atoms with Crippen LogP contribution in [-0.4, -0.2) is 19.7 Å². The molecule has 1 unspecified atom stereocenters. The topological polar surface area (TPSA) is 21.3 Å². The highest BCUT2D eigenvalue weighted by Crippen LogP contribution is 2.24. The summed E-state index contributed by atoms with van der Waals surface area (Å²) in [6.45, 7) is 0.764. The Balaban J connectivity index is 2.17. The van der Waals surface area contributed by atoms with Gasteiger partial charge in [-0.2, -0.15) is 0 Å². The molecule has 0 fully saturated rings. The Labute approximate surface area is 112 Å². The number of benzene rings is 1. The summed E-state index contributed by atoms with van der Waals surface area (Å²) < 4.78 is 19.1. The molecule has 0 radical (unpaired) electrons. The van der Waals surface area contributed by atoms with Crippen molar-refractivity contribution in [3.05, 3.63) is 46.4 Å². The van der Waals surface area contributed by atoms with Gasteiger partial charge in [0.15, 0.2) is 0 Å². The summed E-state index contributed by atoms with van der Waals surface area (Å²) in [7, 11) is 1.87. The second-order valence-corrected chi connectivity index (χ2v) is 4.82. The van der Waals surface area contributed by atoms with Crippen molar-refractivity contribution in [2.75, 3.05) is 13.7 Å². The van der Waals surface area contributed by atoms with E-state index in [-0.39, 0.29) is 11.9 Å². The van der Waals surface area contributed by atoms with Crippen molar-refractivity contribution in [2.24, 2.45) is 0 Å². The van der Waals surface area contributed by atoms with Crippen LogP contribution in [0.1, 0.15) is 18.4 Å². The summed E-state index contributed by atoms with van der Waals surface area (Å²) in [6.07, 6.45) is 4.32. The highest BCUT2D eigenvalue weighted by Gasteiger charge is 2.19. The van der Waals surface area contributed by atoms with Crippen molar-refractivity contribution in [2.45, 2.75) is 25.3 Å². The third-order valence-electron chi connectivity index (χ3n) is 3.23. The van der Waals surface area contributed by atoms with E-state index in [0.29, 0.717) is 17.0 Å². The van der Waals surface area contributed by atoms with Crippen LogP contribution in [0.2, 0.25) is 5.02 Å². The van der Waals surface area contributed by atoms with E-state index < -0.39 is 0 Å². The van der Waals surface area contributed by atoms with Gasteiger partial charge >= 0.3 is 0 Å². The molecule has 1 aromatic rings. The minimum atomic E-state index is -0.250. The van der Waals surface area contributed by atoms with E-state index >= 15 is 0 Å². The molecular weight excluding hydrogens is 253 g/mol. The molecule has 0 aliphatic carbocycles. The third kappa shape index (κ3) is 3.03. The van der Waals surface area contributed by atoms with Gasteiger partial charge < -0.3 is 10.1 Å². The first-order valence-corrected chi connectivity index (χ1v) is 6.51. The Bertz CT molecular complexity index is 427. The number of rotatable bonds is 4. The van der Waals surface area contributed by atoms with E-state index in [1.54, 1.807) is 18.4 Å². The van der Waals surface area contributed by atoms with Crippen LogP contribution in [0.3, 0.4) is 0 Å². The molecule has 1 aliphatic heterocycles. The Morgan fingerprint density at radius 2 is 2.33 bits per heavy atom. The molecular formula is C14H17ClFNO. The van der Waals surface area contributed by atoms with E-state index in [1.165, 1.54) is 11.6 Å². The van der Waals surface area contributed by atoms with Crippen LogP contribution in [-0.2, 0) is 11.2 Å². The summed E-state index contributed by atoms with van der Waals surface area (Å²) in [4.78, 5) is 0. The highest BCUT2D eigenvalue weighted by atomic mass is 35.5. The van der Waals surface area contributed by atoms with Gasteiger partial charge in [0, 0.05) is 16.6 Å². The first-order chi connectivity index (χ1) is 8.72. The molecule has 1 N–H and O–H groups in total. The van der Waals surface area contributed by atoms with E-state index in [2.05, 4.69) is 5.32 Å². The van der Waals surface area contributed by atoms with Crippen LogP contribution in [0.15, 0.2) is 30.0 Å². The van der Waals surface area contributed by atoms with Crippen molar-refractivity contribution >= 4 is 11.6 Å². The fraction of sp³-hybridized carbons (Fsp3) is 0.429. The van der Waals surface area contributed by atoms with E-state index in [9.17, 15) is 4.39 Å². The summed E-state index contributed by atoms with van der Waals surface area (Å²) in [5.74, 6) is -0.250. The van der Waals surface area contributed by atoms with Gasteiger partial charge in [-0.25, -0.2) is 4.39 Å². The summed E-state index contributed by atoms with van der Waals surface area (Å²) in [6, 6.07) is 4.86. The lowest BCUT2D eigenvalue weighted by Crippen LogP contribution is -2.31. The Hall–Kier alpha value is -1.06. The van der Waals surface area contributed by atoms with Gasteiger partial charge in [0.25, 0.3) is 0 Å². The minimum Gasteiger partial charge on any atom is -0.501 e. The monoisotopic (exact) mass is 269 g/mol. The van der Waals surface area contributed by atoms with Crippen LogP contribution in [0.4, 0.5) is 4.39 Å². The average Bonchev–Trinajstić information content (AvgIpc) is 2.40. The molecule has 1 atom stereocenters. The maximum Gasteiger partial charge on any atom is 0.127 e. The molecule has 0 spiro atoms. The van der Waals surface area contributed by atoms with Gasteiger partial charge in [-0.1, -0.05) is 17.7 Å². The van der Waals surface area contributed by atoms with Crippen LogP contribution < -0.4 is 5.32 Å². The zero-order valence-corrected chi connectivity index (χ0v) is 11.1. The minimum absolute atomic E-state index is 0.0692. The summed E-state index contributed by atoms with van der Waals surface area (Å²) >= 11 is 6.05. The standard InChI is InChI=1S/C14H17ClFNO/c1-17-14(10-4-3-7-18-9-10)8-11-12(15)5-2-6-13(11)16/h2,5-6,9,14,17H,3-4,7-8H2,1H3. The largest absolute Gasteiger partial charge is 0.501 e. The van der Waals surface area contributed by atoms with Crippen molar-refractivity contribution < 1.29 is 9.13 Å². The molecule has 2 nitrogen and oxygen atoms in total. The zero-order valence-electron chi connectivity index (χ0n) is 10.4. The molecule has 0 aromatic heterocycles. The Morgan fingerprint density at radius 1 is 1.50 bits per heavy atom. The number of hydrogen-bond acceptors (Lipinski definition) is 2. The Morgan fingerprint density at radius 3 is 2.94 bits per heavy atom. The zero-order chi connectivity index (χ0) is 13.0. The van der Waals surface area contributed by atoms with E-state index in [4.69, 9.17) is 16.3 Å². The van der Waals surface area contributed by atoms with Gasteiger partial charge in [-0.3, -0.25) is 0 Å². The van der Waals surface area contributed by atoms with E-state index in [1.807, 2.05) is 7.05 Å². The lowest BCUT2D eigenvalue weighted by atomic mass is 9.95. The smallest absolute Gasteiger partial charge is 0.127 e. The molecule has 1 aliphatic rings. The fourth-order valence-corrected chi connectivity index (χ4v) is 2.43. The van der Waals surface area contributed by atoms with Crippen molar-refractivity contribution in [3.8, 4) is 0 Å². The molecule has 4 heteroatoms. The van der Waals surface area contributed by atoms with Crippen molar-refractivity contribution in [1.29, 1.82) is 0 Å². The summed E-state index contributed by atoms with van der Waals surface area (Å²) in [5.41, 5.74) is 1.73. The van der Waals surface area contributed by atoms with E-state index in [0.717, 1.165) is 19.4 Å². The fourth-order valence-electron chi connectivity index (χ4n) is 2.19. The SMILES string of the molecule is CNC(Cc1c(F)cccc1Cl)C1=COCCC1. The van der Waals surface area contributed by atoms with Gasteiger partial charge in [-0.05, 0) is 44.0 Å². The lowest BCUT2D eigenvalue weighted by molar-refractivity contribution is 0.219. The average molecular weight is 270 g/mol. The predicted molar refractivity (Wildman–Crippen MR) is 71.2 cm³/mol. The maximum atomic E-state index is 13.8. The number of nitrogens with one attached hydrogen (secondary N) is 1. The molecule has 18 heavy (non-hydrogen) atoms. The number of likely N-dealkylation sites (N-methyl/N-ethyl adjacent to an activating group) is 1. The first kappa shape index (κ1) is 13.4.